The highest BCUT2D eigenvalue weighted by Crippen LogP contribution is 2.20. The molecule has 178 valence electrons. The fraction of sp³-hybridized carbons (Fsp3) is 0.385. The third-order valence-corrected chi connectivity index (χ3v) is 6.17. The number of aryl methyl sites for hydroxylation is 4. The first kappa shape index (κ1) is 23.6. The van der Waals surface area contributed by atoms with Crippen molar-refractivity contribution in [1.29, 1.82) is 0 Å². The van der Waals surface area contributed by atoms with Gasteiger partial charge >= 0.3 is 0 Å². The highest BCUT2D eigenvalue weighted by molar-refractivity contribution is 5.93. The van der Waals surface area contributed by atoms with Crippen LogP contribution in [0.4, 0.5) is 5.69 Å². The summed E-state index contributed by atoms with van der Waals surface area (Å²) < 4.78 is 5.33. The Morgan fingerprint density at radius 3 is 2.32 bits per heavy atom. The first-order valence-corrected chi connectivity index (χ1v) is 11.6. The third kappa shape index (κ3) is 5.88. The Labute approximate surface area is 199 Å². The molecule has 4 rings (SSSR count). The summed E-state index contributed by atoms with van der Waals surface area (Å²) >= 11 is 0. The van der Waals surface area contributed by atoms with E-state index < -0.39 is 0 Å². The molecule has 8 nitrogen and oxygen atoms in total. The molecule has 2 heterocycles. The molecular weight excluding hydrogens is 430 g/mol. The number of anilines is 1. The van der Waals surface area contributed by atoms with Crippen molar-refractivity contribution in [1.82, 2.24) is 19.9 Å². The highest BCUT2D eigenvalue weighted by atomic mass is 16.5. The fourth-order valence-corrected chi connectivity index (χ4v) is 4.10. The number of nitrogens with one attached hydrogen (secondary N) is 1. The van der Waals surface area contributed by atoms with Crippen LogP contribution in [-0.4, -0.2) is 64.5 Å². The van der Waals surface area contributed by atoms with Crippen LogP contribution in [0.2, 0.25) is 0 Å². The van der Waals surface area contributed by atoms with Crippen molar-refractivity contribution in [2.45, 2.75) is 33.6 Å². The second kappa shape index (κ2) is 10.6. The van der Waals surface area contributed by atoms with Gasteiger partial charge in [0.05, 0.1) is 6.54 Å². The summed E-state index contributed by atoms with van der Waals surface area (Å²) in [4.78, 5) is 33.5. The molecular formula is C26H31N5O3. The summed E-state index contributed by atoms with van der Waals surface area (Å²) in [7, 11) is 0. The average molecular weight is 462 g/mol. The van der Waals surface area contributed by atoms with E-state index in [9.17, 15) is 9.59 Å². The van der Waals surface area contributed by atoms with Gasteiger partial charge in [0.2, 0.25) is 23.5 Å². The van der Waals surface area contributed by atoms with Crippen molar-refractivity contribution < 1.29 is 14.1 Å². The minimum atomic E-state index is -0.0297. The zero-order chi connectivity index (χ0) is 24.1. The van der Waals surface area contributed by atoms with Crippen LogP contribution >= 0.6 is 0 Å². The minimum Gasteiger partial charge on any atom is -0.340 e. The first-order chi connectivity index (χ1) is 16.4. The van der Waals surface area contributed by atoms with E-state index >= 15 is 0 Å². The van der Waals surface area contributed by atoms with E-state index in [2.05, 4.69) is 20.4 Å². The number of piperazine rings is 1. The van der Waals surface area contributed by atoms with Gasteiger partial charge in [0.25, 0.3) is 0 Å². The second-order valence-electron chi connectivity index (χ2n) is 8.85. The minimum absolute atomic E-state index is 0.0297. The van der Waals surface area contributed by atoms with E-state index in [4.69, 9.17) is 4.52 Å². The van der Waals surface area contributed by atoms with Crippen LogP contribution in [0.5, 0.6) is 0 Å². The molecule has 1 saturated heterocycles. The average Bonchev–Trinajstić information content (AvgIpc) is 3.30. The molecule has 1 fully saturated rings. The van der Waals surface area contributed by atoms with Gasteiger partial charge in [0, 0.05) is 50.3 Å². The van der Waals surface area contributed by atoms with Gasteiger partial charge in [-0.05, 0) is 31.9 Å². The predicted octanol–water partition coefficient (Wildman–Crippen LogP) is 3.38. The SMILES string of the molecule is Cc1ccc(-c2noc(CCC(=O)N3CCN(CC(=O)Nc4c(C)cccc4C)CC3)n2)cc1. The molecule has 0 aliphatic carbocycles. The molecule has 3 aromatic rings. The van der Waals surface area contributed by atoms with Crippen LogP contribution in [0.15, 0.2) is 47.0 Å². The lowest BCUT2D eigenvalue weighted by Crippen LogP contribution is -2.50. The number of hydrogen-bond acceptors (Lipinski definition) is 6. The predicted molar refractivity (Wildman–Crippen MR) is 130 cm³/mol. The lowest BCUT2D eigenvalue weighted by atomic mass is 10.1. The lowest BCUT2D eigenvalue weighted by Gasteiger charge is -2.34. The maximum Gasteiger partial charge on any atom is 0.238 e. The number of para-hydroxylation sites is 1. The largest absolute Gasteiger partial charge is 0.340 e. The molecule has 34 heavy (non-hydrogen) atoms. The topological polar surface area (TPSA) is 91.6 Å². The summed E-state index contributed by atoms with van der Waals surface area (Å²) in [5.74, 6) is 1.04. The maximum atomic E-state index is 12.7. The van der Waals surface area contributed by atoms with Crippen molar-refractivity contribution in [2.75, 3.05) is 38.0 Å². The standard InChI is InChI=1S/C26H31N5O3/c1-18-7-9-21(10-8-18)26-28-23(34-29-26)11-12-24(33)31-15-13-30(14-16-31)17-22(32)27-25-19(2)5-4-6-20(25)3/h4-10H,11-17H2,1-3H3,(H,27,32). The molecule has 1 aliphatic rings. The number of carbonyl (C=O) groups is 2. The van der Waals surface area contributed by atoms with Crippen LogP contribution in [0.3, 0.4) is 0 Å². The van der Waals surface area contributed by atoms with Crippen LogP contribution in [0, 0.1) is 20.8 Å². The molecule has 0 radical (unpaired) electrons. The molecule has 2 aromatic carbocycles. The highest BCUT2D eigenvalue weighted by Gasteiger charge is 2.23. The van der Waals surface area contributed by atoms with Gasteiger partial charge in [-0.25, -0.2) is 0 Å². The molecule has 1 aromatic heterocycles. The molecule has 1 N–H and O–H groups in total. The van der Waals surface area contributed by atoms with E-state index in [0.717, 1.165) is 22.4 Å². The first-order valence-electron chi connectivity index (χ1n) is 11.6. The number of nitrogens with zero attached hydrogens (tertiary/aromatic N) is 4. The zero-order valence-corrected chi connectivity index (χ0v) is 20.0. The Bertz CT molecular complexity index is 1130. The third-order valence-electron chi connectivity index (χ3n) is 6.17. The van der Waals surface area contributed by atoms with Crippen LogP contribution in [0.1, 0.15) is 29.0 Å². The van der Waals surface area contributed by atoms with Gasteiger partial charge in [0.1, 0.15) is 0 Å². The molecule has 2 amide bonds. The molecule has 0 atom stereocenters. The van der Waals surface area contributed by atoms with Crippen molar-refractivity contribution in [3.05, 3.63) is 65.0 Å². The molecule has 0 bridgehead atoms. The maximum absolute atomic E-state index is 12.7. The monoisotopic (exact) mass is 461 g/mol. The number of rotatable bonds is 7. The van der Waals surface area contributed by atoms with Gasteiger partial charge in [-0.15, -0.1) is 0 Å². The van der Waals surface area contributed by atoms with Gasteiger partial charge in [-0.2, -0.15) is 4.98 Å². The molecule has 0 saturated carbocycles. The zero-order valence-electron chi connectivity index (χ0n) is 20.0. The molecule has 0 spiro atoms. The Kier molecular flexibility index (Phi) is 7.37. The van der Waals surface area contributed by atoms with Crippen molar-refractivity contribution in [3.8, 4) is 11.4 Å². The molecule has 8 heteroatoms. The number of benzene rings is 2. The second-order valence-corrected chi connectivity index (χ2v) is 8.85. The van der Waals surface area contributed by atoms with Gasteiger partial charge in [0.15, 0.2) is 0 Å². The molecule has 1 aliphatic heterocycles. The quantitative estimate of drug-likeness (QED) is 0.580. The number of hydrogen-bond donors (Lipinski definition) is 1. The van der Waals surface area contributed by atoms with Gasteiger partial charge in [-0.1, -0.05) is 53.2 Å². The van der Waals surface area contributed by atoms with E-state index in [1.807, 2.05) is 68.1 Å². The van der Waals surface area contributed by atoms with Crippen molar-refractivity contribution in [2.24, 2.45) is 0 Å². The lowest BCUT2D eigenvalue weighted by molar-refractivity contribution is -0.133. The Morgan fingerprint density at radius 1 is 0.971 bits per heavy atom. The Hall–Kier alpha value is -3.52. The van der Waals surface area contributed by atoms with Crippen LogP contribution < -0.4 is 5.32 Å². The van der Waals surface area contributed by atoms with Gasteiger partial charge in [-0.3, -0.25) is 14.5 Å². The van der Waals surface area contributed by atoms with Crippen molar-refractivity contribution >= 4 is 17.5 Å². The van der Waals surface area contributed by atoms with Crippen LogP contribution in [0.25, 0.3) is 11.4 Å². The van der Waals surface area contributed by atoms with E-state index in [1.54, 1.807) is 0 Å². The van der Waals surface area contributed by atoms with Crippen LogP contribution in [-0.2, 0) is 16.0 Å². The van der Waals surface area contributed by atoms with E-state index in [-0.39, 0.29) is 11.8 Å². The smallest absolute Gasteiger partial charge is 0.238 e. The van der Waals surface area contributed by atoms with E-state index in [1.165, 1.54) is 5.56 Å². The normalized spacial score (nSPS) is 14.3. The summed E-state index contributed by atoms with van der Waals surface area (Å²) in [5.41, 5.74) is 5.05. The molecule has 0 unspecified atom stereocenters. The summed E-state index contributed by atoms with van der Waals surface area (Å²) in [5, 5.41) is 7.06. The van der Waals surface area contributed by atoms with E-state index in [0.29, 0.717) is 57.3 Å². The summed E-state index contributed by atoms with van der Waals surface area (Å²) in [6.45, 7) is 8.88. The fourth-order valence-electron chi connectivity index (χ4n) is 4.10. The number of carbonyl (C=O) groups excluding carboxylic acids is 2. The summed E-state index contributed by atoms with van der Waals surface area (Å²) in [6.07, 6.45) is 0.735. The van der Waals surface area contributed by atoms with Crippen molar-refractivity contribution in [3.63, 3.8) is 0 Å². The van der Waals surface area contributed by atoms with Gasteiger partial charge < -0.3 is 14.7 Å². The Morgan fingerprint density at radius 2 is 1.65 bits per heavy atom. The number of aromatic nitrogens is 2. The summed E-state index contributed by atoms with van der Waals surface area (Å²) in [6, 6.07) is 13.9. The number of amides is 2. The Balaban J connectivity index is 1.21.